The number of carbonyl (C=O) groups is 1. The Bertz CT molecular complexity index is 1280. The Kier molecular flexibility index (Phi) is 7.58. The van der Waals surface area contributed by atoms with E-state index in [-0.39, 0.29) is 12.5 Å². The predicted octanol–water partition coefficient (Wildman–Crippen LogP) is 3.80. The van der Waals surface area contributed by atoms with Crippen LogP contribution in [0.5, 0.6) is 11.5 Å². The first-order valence-electron chi connectivity index (χ1n) is 13.4. The maximum absolute atomic E-state index is 13.6. The number of nitrogens with zero attached hydrogens (tertiary/aromatic N) is 3. The Morgan fingerprint density at radius 2 is 1.84 bits per heavy atom. The zero-order valence-electron chi connectivity index (χ0n) is 22.2. The minimum absolute atomic E-state index is 0.0581. The number of amides is 1. The van der Waals surface area contributed by atoms with E-state index in [1.807, 2.05) is 23.1 Å². The Balaban J connectivity index is 1.49. The minimum Gasteiger partial charge on any atom is -0.486 e. The zero-order chi connectivity index (χ0) is 25.9. The average Bonchev–Trinajstić information content (AvgIpc) is 3.17. The summed E-state index contributed by atoms with van der Waals surface area (Å²) in [5.74, 6) is 1.63. The summed E-state index contributed by atoms with van der Waals surface area (Å²) in [4.78, 5) is 17.8. The van der Waals surface area contributed by atoms with Crippen molar-refractivity contribution in [2.24, 2.45) is 0 Å². The molecule has 1 amide bonds. The molecule has 3 aromatic rings. The van der Waals surface area contributed by atoms with Gasteiger partial charge in [-0.25, -0.2) is 0 Å². The van der Waals surface area contributed by atoms with Crippen LogP contribution >= 0.6 is 0 Å². The number of fused-ring (bicyclic) bond motifs is 2. The summed E-state index contributed by atoms with van der Waals surface area (Å²) in [5, 5.41) is 14.0. The number of hydrogen-bond donors (Lipinski definition) is 2. The van der Waals surface area contributed by atoms with Gasteiger partial charge in [-0.15, -0.1) is 0 Å². The lowest BCUT2D eigenvalue weighted by molar-refractivity contribution is 0.0615. The van der Waals surface area contributed by atoms with Crippen molar-refractivity contribution in [1.82, 2.24) is 14.4 Å². The van der Waals surface area contributed by atoms with Gasteiger partial charge in [0.15, 0.2) is 11.5 Å². The molecular weight excluding hydrogens is 468 g/mol. The van der Waals surface area contributed by atoms with Gasteiger partial charge >= 0.3 is 0 Å². The molecule has 1 aromatic heterocycles. The third-order valence-corrected chi connectivity index (χ3v) is 7.62. The molecule has 198 valence electrons. The van der Waals surface area contributed by atoms with E-state index in [1.54, 1.807) is 0 Å². The summed E-state index contributed by atoms with van der Waals surface area (Å²) in [6.07, 6.45) is 1.03. The quantitative estimate of drug-likeness (QED) is 0.484. The summed E-state index contributed by atoms with van der Waals surface area (Å²) >= 11 is 0. The van der Waals surface area contributed by atoms with E-state index in [1.165, 1.54) is 11.3 Å². The number of aromatic nitrogens is 1. The van der Waals surface area contributed by atoms with E-state index in [9.17, 15) is 9.90 Å². The van der Waals surface area contributed by atoms with Crippen LogP contribution in [0.3, 0.4) is 0 Å². The van der Waals surface area contributed by atoms with Crippen molar-refractivity contribution >= 4 is 22.5 Å². The molecule has 5 rings (SSSR count). The smallest absolute Gasteiger partial charge is 0.254 e. The van der Waals surface area contributed by atoms with Gasteiger partial charge in [-0.05, 0) is 44.0 Å². The first-order valence-corrected chi connectivity index (χ1v) is 13.4. The molecule has 1 fully saturated rings. The van der Waals surface area contributed by atoms with Crippen LogP contribution in [0.4, 0.5) is 5.69 Å². The third-order valence-electron chi connectivity index (χ3n) is 7.62. The van der Waals surface area contributed by atoms with Crippen LogP contribution in [0.15, 0.2) is 30.3 Å². The fourth-order valence-corrected chi connectivity index (χ4v) is 5.50. The van der Waals surface area contributed by atoms with Crippen molar-refractivity contribution in [3.05, 3.63) is 52.7 Å². The van der Waals surface area contributed by atoms with Crippen molar-refractivity contribution in [3.63, 3.8) is 0 Å². The molecule has 2 aromatic carbocycles. The second-order valence-electron chi connectivity index (χ2n) is 9.93. The maximum Gasteiger partial charge on any atom is 0.254 e. The molecule has 2 aliphatic rings. The lowest BCUT2D eigenvalue weighted by atomic mass is 10.1. The molecule has 3 heterocycles. The number of rotatable bonds is 8. The minimum atomic E-state index is 0.0581. The largest absolute Gasteiger partial charge is 0.486 e. The molecule has 0 spiro atoms. The Morgan fingerprint density at radius 3 is 2.59 bits per heavy atom. The van der Waals surface area contributed by atoms with Gasteiger partial charge in [0.2, 0.25) is 0 Å². The van der Waals surface area contributed by atoms with Crippen molar-refractivity contribution in [2.45, 2.75) is 40.3 Å². The van der Waals surface area contributed by atoms with Gasteiger partial charge in [0.05, 0.1) is 17.8 Å². The summed E-state index contributed by atoms with van der Waals surface area (Å²) < 4.78 is 14.1. The summed E-state index contributed by atoms with van der Waals surface area (Å²) in [6.45, 7) is 12.8. The molecule has 2 N–H and O–H groups in total. The molecule has 8 nitrogen and oxygen atoms in total. The molecule has 37 heavy (non-hydrogen) atoms. The highest BCUT2D eigenvalue weighted by Crippen LogP contribution is 2.36. The highest BCUT2D eigenvalue weighted by atomic mass is 16.6. The fraction of sp³-hybridized carbons (Fsp3) is 0.483. The van der Waals surface area contributed by atoms with Crippen molar-refractivity contribution < 1.29 is 19.4 Å². The standard InChI is InChI=1S/C29H38N4O4/c1-4-8-33-21(3)20(2)24-17-23(29(35)32-11-9-31(10-12-32)13-14-34)18-25(27(24)33)30-19-22-6-5-7-26-28(22)37-16-15-36-26/h5-7,17-18,30,34H,4,8-16,19H2,1-3H3. The van der Waals surface area contributed by atoms with E-state index in [0.29, 0.717) is 45.0 Å². The number of β-amino-alcohol motifs (C(OH)–C–C–N with tert-alkyl or cyclic N) is 1. The number of carbonyl (C=O) groups excluding carboxylic acids is 1. The van der Waals surface area contributed by atoms with E-state index in [0.717, 1.165) is 59.7 Å². The number of aliphatic hydroxyl groups is 1. The summed E-state index contributed by atoms with van der Waals surface area (Å²) in [5.41, 5.74) is 6.28. The number of benzene rings is 2. The van der Waals surface area contributed by atoms with Gasteiger partial charge in [0.25, 0.3) is 5.91 Å². The number of hydrogen-bond acceptors (Lipinski definition) is 6. The van der Waals surface area contributed by atoms with Crippen LogP contribution in [-0.2, 0) is 13.1 Å². The molecule has 0 aliphatic carbocycles. The first-order chi connectivity index (χ1) is 18.0. The molecule has 0 bridgehead atoms. The normalized spacial score (nSPS) is 15.8. The lowest BCUT2D eigenvalue weighted by Crippen LogP contribution is -2.49. The summed E-state index contributed by atoms with van der Waals surface area (Å²) in [6, 6.07) is 10.1. The highest BCUT2D eigenvalue weighted by molar-refractivity contribution is 6.04. The fourth-order valence-electron chi connectivity index (χ4n) is 5.50. The van der Waals surface area contributed by atoms with E-state index in [4.69, 9.17) is 9.47 Å². The second-order valence-corrected chi connectivity index (χ2v) is 9.93. The number of piperazine rings is 1. The van der Waals surface area contributed by atoms with Gasteiger partial charge in [-0.3, -0.25) is 9.69 Å². The third kappa shape index (κ3) is 5.00. The number of ether oxygens (including phenoxy) is 2. The van der Waals surface area contributed by atoms with Gasteiger partial charge < -0.3 is 29.4 Å². The first kappa shape index (κ1) is 25.4. The van der Waals surface area contributed by atoms with E-state index in [2.05, 4.69) is 47.7 Å². The molecule has 0 unspecified atom stereocenters. The lowest BCUT2D eigenvalue weighted by Gasteiger charge is -2.34. The summed E-state index contributed by atoms with van der Waals surface area (Å²) in [7, 11) is 0. The highest BCUT2D eigenvalue weighted by Gasteiger charge is 2.25. The Hall–Kier alpha value is -3.23. The molecule has 1 saturated heterocycles. The molecule has 8 heteroatoms. The molecule has 2 aliphatic heterocycles. The molecule has 0 atom stereocenters. The van der Waals surface area contributed by atoms with Crippen molar-refractivity contribution in [3.8, 4) is 11.5 Å². The number of anilines is 1. The van der Waals surface area contributed by atoms with Gasteiger partial charge in [-0.2, -0.15) is 0 Å². The van der Waals surface area contributed by atoms with Crippen molar-refractivity contribution in [2.75, 3.05) is 57.9 Å². The Labute approximate surface area is 218 Å². The molecule has 0 saturated carbocycles. The van der Waals surface area contributed by atoms with Crippen LogP contribution in [0.25, 0.3) is 10.9 Å². The van der Waals surface area contributed by atoms with Gasteiger partial charge in [0, 0.05) is 68.0 Å². The van der Waals surface area contributed by atoms with E-state index < -0.39 is 0 Å². The van der Waals surface area contributed by atoms with E-state index >= 15 is 0 Å². The molecule has 0 radical (unpaired) electrons. The number of nitrogens with one attached hydrogen (secondary N) is 1. The molecular formula is C29H38N4O4. The second kappa shape index (κ2) is 11.0. The van der Waals surface area contributed by atoms with Gasteiger partial charge in [-0.1, -0.05) is 19.1 Å². The zero-order valence-corrected chi connectivity index (χ0v) is 22.2. The maximum atomic E-state index is 13.6. The Morgan fingerprint density at radius 1 is 1.05 bits per heavy atom. The van der Waals surface area contributed by atoms with Crippen LogP contribution in [0, 0.1) is 13.8 Å². The van der Waals surface area contributed by atoms with Crippen LogP contribution in [0.2, 0.25) is 0 Å². The number of aliphatic hydroxyl groups excluding tert-OH is 1. The monoisotopic (exact) mass is 506 g/mol. The van der Waals surface area contributed by atoms with Crippen molar-refractivity contribution in [1.29, 1.82) is 0 Å². The SMILES string of the molecule is CCCn1c(C)c(C)c2cc(C(=O)N3CCN(CCO)CC3)cc(NCc3cccc4c3OCCO4)c21. The number of aryl methyl sites for hydroxylation is 2. The van der Waals surface area contributed by atoms with Crippen LogP contribution in [0.1, 0.15) is 40.5 Å². The van der Waals surface area contributed by atoms with Crippen LogP contribution in [-0.4, -0.2) is 77.9 Å². The number of para-hydroxylation sites is 1. The van der Waals surface area contributed by atoms with Crippen LogP contribution < -0.4 is 14.8 Å². The average molecular weight is 507 g/mol. The predicted molar refractivity (Wildman–Crippen MR) is 146 cm³/mol. The topological polar surface area (TPSA) is 79.2 Å². The van der Waals surface area contributed by atoms with Gasteiger partial charge in [0.1, 0.15) is 13.2 Å².